The van der Waals surface area contributed by atoms with Crippen molar-refractivity contribution >= 4 is 11.7 Å². The predicted molar refractivity (Wildman–Crippen MR) is 110 cm³/mol. The minimum atomic E-state index is -0.618. The number of carbonyl (C=O) groups excluding carboxylic acids is 1. The Balaban J connectivity index is 1.52. The zero-order valence-corrected chi connectivity index (χ0v) is 16.2. The first-order valence-electron chi connectivity index (χ1n) is 9.55. The van der Waals surface area contributed by atoms with Crippen LogP contribution in [0.25, 0.3) is 0 Å². The summed E-state index contributed by atoms with van der Waals surface area (Å²) in [5.74, 6) is -1.19. The molecule has 0 unspecified atom stereocenters. The molecule has 0 amide bonds. The molecule has 0 saturated heterocycles. The molecule has 1 aliphatic rings. The molecule has 0 N–H and O–H groups in total. The average molecular weight is 421 g/mol. The van der Waals surface area contributed by atoms with Gasteiger partial charge in [0.2, 0.25) is 0 Å². The smallest absolute Gasteiger partial charge is 0.335 e. The van der Waals surface area contributed by atoms with E-state index in [-0.39, 0.29) is 29.0 Å². The molecule has 0 spiro atoms. The van der Waals surface area contributed by atoms with Gasteiger partial charge in [-0.05, 0) is 59.9 Å². The van der Waals surface area contributed by atoms with E-state index in [1.165, 1.54) is 54.6 Å². The van der Waals surface area contributed by atoms with E-state index < -0.39 is 16.3 Å². The zero-order valence-electron chi connectivity index (χ0n) is 16.2. The Bertz CT molecular complexity index is 1090. The maximum Gasteiger partial charge on any atom is 0.335 e. The van der Waals surface area contributed by atoms with Gasteiger partial charge in [0.05, 0.1) is 4.92 Å². The minimum absolute atomic E-state index is 0.0622. The predicted octanol–water partition coefficient (Wildman–Crippen LogP) is 5.34. The molecule has 156 valence electrons. The van der Waals surface area contributed by atoms with Crippen LogP contribution in [-0.2, 0) is 10.2 Å². The number of non-ortho nitro benzene ring substituents is 1. The fraction of sp³-hybridized carbons (Fsp3) is 0.125. The molecule has 0 aliphatic heterocycles. The lowest BCUT2D eigenvalue weighted by molar-refractivity contribution is -0.384. The van der Waals surface area contributed by atoms with Crippen LogP contribution in [0.3, 0.4) is 0 Å². The Morgan fingerprint density at radius 3 is 1.94 bits per heavy atom. The van der Waals surface area contributed by atoms with Gasteiger partial charge in [0.25, 0.3) is 5.69 Å². The molecule has 0 radical (unpaired) electrons. The van der Waals surface area contributed by atoms with Gasteiger partial charge in [-0.2, -0.15) is 0 Å². The maximum absolute atomic E-state index is 13.4. The highest BCUT2D eigenvalue weighted by Crippen LogP contribution is 2.59. The topological polar surface area (TPSA) is 69.4 Å². The summed E-state index contributed by atoms with van der Waals surface area (Å²) < 4.78 is 32.0. The van der Waals surface area contributed by atoms with Crippen LogP contribution in [0.1, 0.15) is 17.5 Å². The number of hydrogen-bond donors (Lipinski definition) is 0. The highest BCUT2D eigenvalue weighted by atomic mass is 19.1. The molecule has 1 aliphatic carbocycles. The average Bonchev–Trinajstić information content (AvgIpc) is 3.49. The van der Waals surface area contributed by atoms with Gasteiger partial charge in [0.1, 0.15) is 17.4 Å². The van der Waals surface area contributed by atoms with E-state index in [2.05, 4.69) is 0 Å². The number of benzene rings is 3. The van der Waals surface area contributed by atoms with E-state index in [9.17, 15) is 23.7 Å². The summed E-state index contributed by atoms with van der Waals surface area (Å²) in [7, 11) is 0. The van der Waals surface area contributed by atoms with Crippen molar-refractivity contribution in [1.82, 2.24) is 0 Å². The quantitative estimate of drug-likeness (QED) is 0.177. The van der Waals surface area contributed by atoms with Gasteiger partial charge in [-0.25, -0.2) is 13.6 Å². The molecule has 1 fully saturated rings. The second kappa shape index (κ2) is 8.10. The van der Waals surface area contributed by atoms with Crippen LogP contribution in [0, 0.1) is 27.7 Å². The number of nitrogens with zero attached hydrogens (tertiary/aromatic N) is 1. The van der Waals surface area contributed by atoms with Crippen molar-refractivity contribution in [3.63, 3.8) is 0 Å². The molecule has 3 aromatic rings. The van der Waals surface area contributed by atoms with Crippen LogP contribution in [0.2, 0.25) is 0 Å². The summed E-state index contributed by atoms with van der Waals surface area (Å²) in [6, 6.07) is 17.5. The van der Waals surface area contributed by atoms with Crippen LogP contribution in [0.5, 0.6) is 5.75 Å². The molecule has 4 rings (SSSR count). The SMILES string of the molecule is O=C(/C=C/[C@@H]1CC1(c1ccc(F)cc1)c1ccc(F)cc1)Oc1ccc([N+](=O)[O-])cc1. The Kier molecular flexibility index (Phi) is 5.33. The zero-order chi connectivity index (χ0) is 22.0. The van der Waals surface area contributed by atoms with Gasteiger partial charge in [0.15, 0.2) is 0 Å². The van der Waals surface area contributed by atoms with E-state index in [1.807, 2.05) is 0 Å². The normalized spacial score (nSPS) is 16.8. The van der Waals surface area contributed by atoms with E-state index in [1.54, 1.807) is 30.3 Å². The van der Waals surface area contributed by atoms with Crippen molar-refractivity contribution < 1.29 is 23.2 Å². The monoisotopic (exact) mass is 421 g/mol. The summed E-state index contributed by atoms with van der Waals surface area (Å²) in [5, 5.41) is 10.7. The third-order valence-electron chi connectivity index (χ3n) is 5.46. The molecule has 0 heterocycles. The van der Waals surface area contributed by atoms with Crippen LogP contribution < -0.4 is 4.74 Å². The van der Waals surface area contributed by atoms with Crippen LogP contribution in [0.4, 0.5) is 14.5 Å². The van der Waals surface area contributed by atoms with Gasteiger partial charge < -0.3 is 4.74 Å². The number of rotatable bonds is 6. The number of allylic oxidation sites excluding steroid dienone is 1. The number of nitro benzene ring substituents is 1. The van der Waals surface area contributed by atoms with Crippen molar-refractivity contribution in [2.24, 2.45) is 5.92 Å². The molecule has 1 atom stereocenters. The summed E-state index contributed by atoms with van der Waals surface area (Å²) in [6.45, 7) is 0. The first kappa shape index (κ1) is 20.4. The molecule has 0 aromatic heterocycles. The molecular weight excluding hydrogens is 404 g/mol. The van der Waals surface area contributed by atoms with Crippen molar-refractivity contribution in [2.75, 3.05) is 0 Å². The van der Waals surface area contributed by atoms with Gasteiger partial charge in [-0.15, -0.1) is 0 Å². The Morgan fingerprint density at radius 2 is 1.45 bits per heavy atom. The van der Waals surface area contributed by atoms with Gasteiger partial charge in [-0.1, -0.05) is 30.3 Å². The summed E-state index contributed by atoms with van der Waals surface area (Å²) in [5.41, 5.74) is 1.17. The number of hydrogen-bond acceptors (Lipinski definition) is 4. The van der Waals surface area contributed by atoms with E-state index in [0.717, 1.165) is 11.1 Å². The number of ether oxygens (including phenoxy) is 1. The van der Waals surface area contributed by atoms with Crippen molar-refractivity contribution in [2.45, 2.75) is 11.8 Å². The van der Waals surface area contributed by atoms with Crippen molar-refractivity contribution in [3.05, 3.63) is 118 Å². The third-order valence-corrected chi connectivity index (χ3v) is 5.46. The lowest BCUT2D eigenvalue weighted by Gasteiger charge is -2.18. The molecular formula is C24H17F2NO4. The molecule has 5 nitrogen and oxygen atoms in total. The molecule has 7 heteroatoms. The summed E-state index contributed by atoms with van der Waals surface area (Å²) in [6.07, 6.45) is 3.70. The first-order valence-corrected chi connectivity index (χ1v) is 9.55. The Hall–Kier alpha value is -3.87. The maximum atomic E-state index is 13.4. The van der Waals surface area contributed by atoms with Gasteiger partial charge in [-0.3, -0.25) is 10.1 Å². The highest BCUT2D eigenvalue weighted by molar-refractivity contribution is 5.84. The third kappa shape index (κ3) is 4.21. The lowest BCUT2D eigenvalue weighted by atomic mass is 9.85. The second-order valence-corrected chi connectivity index (χ2v) is 7.33. The fourth-order valence-corrected chi connectivity index (χ4v) is 3.83. The van der Waals surface area contributed by atoms with E-state index in [0.29, 0.717) is 6.42 Å². The Morgan fingerprint density at radius 1 is 0.935 bits per heavy atom. The standard InChI is InChI=1S/C24H17F2NO4/c25-19-6-1-16(2-7-19)24(17-3-8-20(26)9-4-17)15-18(24)5-14-23(28)31-22-12-10-21(11-13-22)27(29)30/h1-14,18H,15H2/b14-5+/t18-/m1/s1. The molecule has 0 bridgehead atoms. The van der Waals surface area contributed by atoms with Gasteiger partial charge >= 0.3 is 5.97 Å². The number of carbonyl (C=O) groups is 1. The minimum Gasteiger partial charge on any atom is -0.423 e. The second-order valence-electron chi connectivity index (χ2n) is 7.33. The summed E-state index contributed by atoms with van der Waals surface area (Å²) >= 11 is 0. The molecule has 3 aromatic carbocycles. The van der Waals surface area contributed by atoms with Gasteiger partial charge in [0, 0.05) is 23.6 Å². The Labute approximate surface area is 176 Å². The van der Waals surface area contributed by atoms with E-state index in [4.69, 9.17) is 4.74 Å². The summed E-state index contributed by atoms with van der Waals surface area (Å²) in [4.78, 5) is 22.4. The van der Waals surface area contributed by atoms with Crippen molar-refractivity contribution in [3.8, 4) is 5.75 Å². The number of halogens is 2. The van der Waals surface area contributed by atoms with Crippen LogP contribution >= 0.6 is 0 Å². The molecule has 31 heavy (non-hydrogen) atoms. The van der Waals surface area contributed by atoms with E-state index >= 15 is 0 Å². The van der Waals surface area contributed by atoms with Crippen LogP contribution in [-0.4, -0.2) is 10.9 Å². The first-order chi connectivity index (χ1) is 14.9. The largest absolute Gasteiger partial charge is 0.423 e. The fourth-order valence-electron chi connectivity index (χ4n) is 3.83. The number of nitro groups is 1. The van der Waals surface area contributed by atoms with Crippen molar-refractivity contribution in [1.29, 1.82) is 0 Å². The number of esters is 1. The molecule has 1 saturated carbocycles. The van der Waals surface area contributed by atoms with Crippen LogP contribution in [0.15, 0.2) is 84.9 Å². The highest BCUT2D eigenvalue weighted by Gasteiger charge is 2.55. The lowest BCUT2D eigenvalue weighted by Crippen LogP contribution is -2.12.